The Balaban J connectivity index is 1.57. The summed E-state index contributed by atoms with van der Waals surface area (Å²) in [6, 6.07) is 24.2. The van der Waals surface area contributed by atoms with Crippen LogP contribution in [0.3, 0.4) is 0 Å². The Morgan fingerprint density at radius 3 is 2.48 bits per heavy atom. The van der Waals surface area contributed by atoms with Crippen LogP contribution in [0.15, 0.2) is 84.5 Å². The molecule has 152 valence electrons. The Morgan fingerprint density at radius 2 is 1.65 bits per heavy atom. The molecule has 5 rings (SSSR count). The summed E-state index contributed by atoms with van der Waals surface area (Å²) in [5.74, 6) is 2.30. The van der Waals surface area contributed by atoms with Gasteiger partial charge >= 0.3 is 0 Å². The predicted molar refractivity (Wildman–Crippen MR) is 129 cm³/mol. The van der Waals surface area contributed by atoms with Gasteiger partial charge in [0, 0.05) is 10.9 Å². The Bertz CT molecular complexity index is 1360. The van der Waals surface area contributed by atoms with Crippen LogP contribution in [0.1, 0.15) is 11.1 Å². The molecule has 2 aromatic heterocycles. The second-order valence-electron chi connectivity index (χ2n) is 7.41. The van der Waals surface area contributed by atoms with Gasteiger partial charge in [-0.2, -0.15) is 0 Å². The maximum atomic E-state index is 6.12. The molecule has 0 radical (unpaired) electrons. The first-order valence-corrected chi connectivity index (χ1v) is 11.0. The lowest BCUT2D eigenvalue weighted by Crippen LogP contribution is -1.98. The number of ether oxygens (including phenoxy) is 1. The molecular formula is C26H21N3OS. The highest BCUT2D eigenvalue weighted by molar-refractivity contribution is 7.17. The van der Waals surface area contributed by atoms with E-state index in [9.17, 15) is 0 Å². The molecule has 0 amide bonds. The summed E-state index contributed by atoms with van der Waals surface area (Å²) >= 11 is 1.63. The molecule has 0 saturated carbocycles. The number of fused-ring (bicyclic) bond motifs is 1. The summed E-state index contributed by atoms with van der Waals surface area (Å²) in [6.45, 7) is 4.26. The second-order valence-corrected chi connectivity index (χ2v) is 8.26. The molecule has 0 aliphatic carbocycles. The lowest BCUT2D eigenvalue weighted by atomic mass is 9.99. The second kappa shape index (κ2) is 8.20. The number of aromatic nitrogens is 2. The van der Waals surface area contributed by atoms with Gasteiger partial charge in [0.05, 0.1) is 11.1 Å². The van der Waals surface area contributed by atoms with Crippen molar-refractivity contribution in [1.29, 1.82) is 0 Å². The molecule has 0 fully saturated rings. The molecule has 0 saturated heterocycles. The minimum absolute atomic E-state index is 0.740. The zero-order valence-corrected chi connectivity index (χ0v) is 18.1. The van der Waals surface area contributed by atoms with E-state index in [0.717, 1.165) is 38.8 Å². The average Bonchev–Trinajstić information content (AvgIpc) is 3.21. The normalized spacial score (nSPS) is 10.9. The van der Waals surface area contributed by atoms with Gasteiger partial charge in [-0.15, -0.1) is 11.3 Å². The zero-order chi connectivity index (χ0) is 21.2. The standard InChI is InChI=1S/C26H21N3OS/c1-17-12-13-20(18(2)14-17)21-15-31-26-24(21)25(27-16-28-26)29-22-10-6-7-11-23(22)30-19-8-4-3-5-9-19/h3-16H,1-2H3,(H,27,28,29). The molecule has 0 aliphatic rings. The summed E-state index contributed by atoms with van der Waals surface area (Å²) in [5.41, 5.74) is 5.68. The topological polar surface area (TPSA) is 47.0 Å². The molecule has 4 nitrogen and oxygen atoms in total. The number of para-hydroxylation sites is 3. The van der Waals surface area contributed by atoms with Crippen molar-refractivity contribution in [3.05, 3.63) is 95.6 Å². The fraction of sp³-hybridized carbons (Fsp3) is 0.0769. The van der Waals surface area contributed by atoms with Gasteiger partial charge in [0.2, 0.25) is 0 Å². The van der Waals surface area contributed by atoms with E-state index in [1.807, 2.05) is 54.6 Å². The van der Waals surface area contributed by atoms with E-state index in [1.165, 1.54) is 16.7 Å². The number of rotatable bonds is 5. The van der Waals surface area contributed by atoms with Gasteiger partial charge in [-0.05, 0) is 49.2 Å². The van der Waals surface area contributed by atoms with Crippen LogP contribution in [0.4, 0.5) is 11.5 Å². The summed E-state index contributed by atoms with van der Waals surface area (Å²) in [7, 11) is 0. The van der Waals surface area contributed by atoms with Crippen LogP contribution < -0.4 is 10.1 Å². The van der Waals surface area contributed by atoms with E-state index >= 15 is 0 Å². The Morgan fingerprint density at radius 1 is 0.839 bits per heavy atom. The first kappa shape index (κ1) is 19.3. The van der Waals surface area contributed by atoms with Crippen molar-refractivity contribution >= 4 is 33.1 Å². The van der Waals surface area contributed by atoms with Crippen LogP contribution in [-0.2, 0) is 0 Å². The lowest BCUT2D eigenvalue weighted by molar-refractivity contribution is 0.485. The first-order chi connectivity index (χ1) is 15.2. The van der Waals surface area contributed by atoms with E-state index < -0.39 is 0 Å². The number of nitrogens with zero attached hydrogens (tertiary/aromatic N) is 2. The number of hydrogen-bond donors (Lipinski definition) is 1. The Labute approximate surface area is 185 Å². The molecule has 31 heavy (non-hydrogen) atoms. The van der Waals surface area contributed by atoms with Crippen LogP contribution in [0.5, 0.6) is 11.5 Å². The quantitative estimate of drug-likeness (QED) is 0.318. The molecule has 0 unspecified atom stereocenters. The van der Waals surface area contributed by atoms with Gasteiger partial charge in [-0.3, -0.25) is 0 Å². The van der Waals surface area contributed by atoms with Crippen molar-refractivity contribution in [3.63, 3.8) is 0 Å². The summed E-state index contributed by atoms with van der Waals surface area (Å²) in [6.07, 6.45) is 1.60. The largest absolute Gasteiger partial charge is 0.455 e. The summed E-state index contributed by atoms with van der Waals surface area (Å²) in [4.78, 5) is 10.0. The highest BCUT2D eigenvalue weighted by Crippen LogP contribution is 2.40. The molecule has 3 aromatic carbocycles. The van der Waals surface area contributed by atoms with Crippen molar-refractivity contribution < 1.29 is 4.74 Å². The smallest absolute Gasteiger partial charge is 0.150 e. The number of benzene rings is 3. The van der Waals surface area contributed by atoms with Crippen LogP contribution in [0, 0.1) is 13.8 Å². The highest BCUT2D eigenvalue weighted by atomic mass is 32.1. The maximum Gasteiger partial charge on any atom is 0.150 e. The molecule has 0 aliphatic heterocycles. The fourth-order valence-corrected chi connectivity index (χ4v) is 4.59. The third-order valence-electron chi connectivity index (χ3n) is 5.15. The van der Waals surface area contributed by atoms with Crippen LogP contribution >= 0.6 is 11.3 Å². The van der Waals surface area contributed by atoms with E-state index in [4.69, 9.17) is 4.74 Å². The number of nitrogens with one attached hydrogen (secondary N) is 1. The molecule has 0 atom stereocenters. The average molecular weight is 424 g/mol. The zero-order valence-electron chi connectivity index (χ0n) is 17.3. The van der Waals surface area contributed by atoms with Gasteiger partial charge in [0.15, 0.2) is 5.75 Å². The lowest BCUT2D eigenvalue weighted by Gasteiger charge is -2.14. The number of aryl methyl sites for hydroxylation is 2. The SMILES string of the molecule is Cc1ccc(-c2csc3ncnc(Nc4ccccc4Oc4ccccc4)c23)c(C)c1. The molecular weight excluding hydrogens is 402 g/mol. The van der Waals surface area contributed by atoms with Crippen LogP contribution in [0.25, 0.3) is 21.3 Å². The number of anilines is 2. The third kappa shape index (κ3) is 3.88. The maximum absolute atomic E-state index is 6.12. The van der Waals surface area contributed by atoms with E-state index in [1.54, 1.807) is 17.7 Å². The third-order valence-corrected chi connectivity index (χ3v) is 6.04. The van der Waals surface area contributed by atoms with Crippen molar-refractivity contribution in [1.82, 2.24) is 9.97 Å². The van der Waals surface area contributed by atoms with Gasteiger partial charge < -0.3 is 10.1 Å². The van der Waals surface area contributed by atoms with Gasteiger partial charge in [0.25, 0.3) is 0 Å². The van der Waals surface area contributed by atoms with E-state index in [0.29, 0.717) is 0 Å². The summed E-state index contributed by atoms with van der Waals surface area (Å²) < 4.78 is 6.12. The molecule has 1 N–H and O–H groups in total. The van der Waals surface area contributed by atoms with E-state index in [2.05, 4.69) is 52.7 Å². The Hall–Kier alpha value is -3.70. The number of hydrogen-bond acceptors (Lipinski definition) is 5. The highest BCUT2D eigenvalue weighted by Gasteiger charge is 2.16. The number of thiophene rings is 1. The predicted octanol–water partition coefficient (Wildman–Crippen LogP) is 7.51. The van der Waals surface area contributed by atoms with Crippen molar-refractivity contribution in [3.8, 4) is 22.6 Å². The molecule has 5 aromatic rings. The molecule has 0 spiro atoms. The minimum Gasteiger partial charge on any atom is -0.455 e. The minimum atomic E-state index is 0.740. The molecule has 2 heterocycles. The van der Waals surface area contributed by atoms with Crippen molar-refractivity contribution in [2.24, 2.45) is 0 Å². The van der Waals surface area contributed by atoms with Gasteiger partial charge in [-0.25, -0.2) is 9.97 Å². The van der Waals surface area contributed by atoms with Crippen molar-refractivity contribution in [2.45, 2.75) is 13.8 Å². The first-order valence-electron chi connectivity index (χ1n) is 10.1. The van der Waals surface area contributed by atoms with Gasteiger partial charge in [-0.1, -0.05) is 54.1 Å². The fourth-order valence-electron chi connectivity index (χ4n) is 3.69. The summed E-state index contributed by atoms with van der Waals surface area (Å²) in [5, 5.41) is 6.68. The van der Waals surface area contributed by atoms with Crippen LogP contribution in [-0.4, -0.2) is 9.97 Å². The molecule has 0 bridgehead atoms. The van der Waals surface area contributed by atoms with Gasteiger partial charge in [0.1, 0.15) is 22.7 Å². The van der Waals surface area contributed by atoms with E-state index in [-0.39, 0.29) is 0 Å². The Kier molecular flexibility index (Phi) is 5.10. The monoisotopic (exact) mass is 423 g/mol. The van der Waals surface area contributed by atoms with Crippen molar-refractivity contribution in [2.75, 3.05) is 5.32 Å². The van der Waals surface area contributed by atoms with Crippen LogP contribution in [0.2, 0.25) is 0 Å². The molecule has 5 heteroatoms.